The number of rotatable bonds is 4. The van der Waals surface area contributed by atoms with Gasteiger partial charge in [0.25, 0.3) is 0 Å². The van der Waals surface area contributed by atoms with Crippen molar-refractivity contribution >= 4 is 0 Å². The van der Waals surface area contributed by atoms with Crippen LogP contribution in [-0.2, 0) is 6.42 Å². The molecule has 0 heterocycles. The molecule has 0 saturated carbocycles. The highest BCUT2D eigenvalue weighted by Gasteiger charge is 2.06. The smallest absolute Gasteiger partial charge is 0.107 e. The summed E-state index contributed by atoms with van der Waals surface area (Å²) in [7, 11) is 0. The number of hydrogen-bond acceptors (Lipinski definition) is 0. The normalized spacial score (nSPS) is 12.8. The lowest BCUT2D eigenvalue weighted by Gasteiger charge is -2.04. The van der Waals surface area contributed by atoms with E-state index in [-0.39, 0.29) is 6.42 Å². The van der Waals surface area contributed by atoms with Crippen molar-refractivity contribution < 1.29 is 8.78 Å². The maximum atomic E-state index is 12.8. The fourth-order valence-corrected chi connectivity index (χ4v) is 1.09. The summed E-state index contributed by atoms with van der Waals surface area (Å²) in [6.07, 6.45) is -0.711. The molecule has 1 aromatic rings. The molecule has 66 valence electrons. The van der Waals surface area contributed by atoms with Gasteiger partial charge in [-0.2, -0.15) is 0 Å². The van der Waals surface area contributed by atoms with Crippen molar-refractivity contribution in [2.45, 2.75) is 19.0 Å². The molecule has 0 nitrogen and oxygen atoms in total. The second kappa shape index (κ2) is 4.86. The Morgan fingerprint density at radius 3 is 2.42 bits per heavy atom. The van der Waals surface area contributed by atoms with Crippen LogP contribution in [-0.4, -0.2) is 12.8 Å². The first-order valence-corrected chi connectivity index (χ1v) is 4.07. The topological polar surface area (TPSA) is 0 Å². The van der Waals surface area contributed by atoms with Gasteiger partial charge in [0.1, 0.15) is 6.17 Å². The minimum absolute atomic E-state index is 0.00882. The van der Waals surface area contributed by atoms with Crippen molar-refractivity contribution in [2.24, 2.45) is 0 Å². The van der Waals surface area contributed by atoms with Crippen LogP contribution in [0.25, 0.3) is 0 Å². The zero-order valence-electron chi connectivity index (χ0n) is 6.84. The van der Waals surface area contributed by atoms with Crippen molar-refractivity contribution in [3.63, 3.8) is 0 Å². The Balaban J connectivity index is 2.41. The van der Waals surface area contributed by atoms with Crippen LogP contribution < -0.4 is 0 Å². The van der Waals surface area contributed by atoms with E-state index in [0.29, 0.717) is 6.42 Å². The Morgan fingerprint density at radius 2 is 1.83 bits per heavy atom. The summed E-state index contributed by atoms with van der Waals surface area (Å²) >= 11 is 0. The number of benzene rings is 1. The summed E-state index contributed by atoms with van der Waals surface area (Å²) in [6, 6.07) is 9.30. The number of hydrogen-bond donors (Lipinski definition) is 0. The second-order valence-electron chi connectivity index (χ2n) is 2.76. The molecule has 12 heavy (non-hydrogen) atoms. The number of alkyl halides is 2. The molecule has 1 atom stereocenters. The van der Waals surface area contributed by atoms with Crippen LogP contribution >= 0.6 is 0 Å². The average Bonchev–Trinajstić information content (AvgIpc) is 2.06. The maximum absolute atomic E-state index is 12.8. The Labute approximate surface area is 71.2 Å². The summed E-state index contributed by atoms with van der Waals surface area (Å²) in [5, 5.41) is 0. The molecule has 0 spiro atoms. The molecule has 0 aromatic heterocycles. The zero-order chi connectivity index (χ0) is 8.81. The summed E-state index contributed by atoms with van der Waals surface area (Å²) in [5.41, 5.74) is 0.929. The first-order valence-electron chi connectivity index (χ1n) is 4.07. The lowest BCUT2D eigenvalue weighted by atomic mass is 10.1. The van der Waals surface area contributed by atoms with E-state index in [1.165, 1.54) is 0 Å². The molecule has 0 radical (unpaired) electrons. The predicted octanol–water partition coefficient (Wildman–Crippen LogP) is 2.93. The Morgan fingerprint density at radius 1 is 1.17 bits per heavy atom. The average molecular weight is 170 g/mol. The van der Waals surface area contributed by atoms with E-state index >= 15 is 0 Å². The van der Waals surface area contributed by atoms with Gasteiger partial charge in [0.15, 0.2) is 0 Å². The summed E-state index contributed by atoms with van der Waals surface area (Å²) in [5.74, 6) is 0. The fraction of sp³-hybridized carbons (Fsp3) is 0.400. The molecule has 0 amide bonds. The SMILES string of the molecule is FCCC(F)Cc1ccccc1. The van der Waals surface area contributed by atoms with E-state index < -0.39 is 12.8 Å². The van der Waals surface area contributed by atoms with Gasteiger partial charge in [-0.25, -0.2) is 4.39 Å². The van der Waals surface area contributed by atoms with Gasteiger partial charge in [-0.05, 0) is 5.56 Å². The predicted molar refractivity (Wildman–Crippen MR) is 45.6 cm³/mol. The van der Waals surface area contributed by atoms with Gasteiger partial charge in [-0.3, -0.25) is 4.39 Å². The van der Waals surface area contributed by atoms with Crippen molar-refractivity contribution in [1.29, 1.82) is 0 Å². The largest absolute Gasteiger partial charge is 0.251 e. The highest BCUT2D eigenvalue weighted by molar-refractivity contribution is 5.15. The quantitative estimate of drug-likeness (QED) is 0.651. The first-order chi connectivity index (χ1) is 5.83. The van der Waals surface area contributed by atoms with Gasteiger partial charge in [-0.1, -0.05) is 30.3 Å². The zero-order valence-corrected chi connectivity index (χ0v) is 6.84. The molecule has 0 aliphatic rings. The molecule has 1 unspecified atom stereocenters. The fourth-order valence-electron chi connectivity index (χ4n) is 1.09. The van der Waals surface area contributed by atoms with Crippen LogP contribution in [0.3, 0.4) is 0 Å². The van der Waals surface area contributed by atoms with Crippen LogP contribution in [0.5, 0.6) is 0 Å². The van der Waals surface area contributed by atoms with E-state index in [1.807, 2.05) is 30.3 Å². The van der Waals surface area contributed by atoms with E-state index in [2.05, 4.69) is 0 Å². The lowest BCUT2D eigenvalue weighted by Crippen LogP contribution is -2.05. The van der Waals surface area contributed by atoms with Crippen LogP contribution in [0.15, 0.2) is 30.3 Å². The van der Waals surface area contributed by atoms with Crippen molar-refractivity contribution in [2.75, 3.05) is 6.67 Å². The molecule has 0 saturated heterocycles. The molecular formula is C10H12F2. The number of halogens is 2. The third-order valence-electron chi connectivity index (χ3n) is 1.72. The Bertz CT molecular complexity index is 208. The van der Waals surface area contributed by atoms with Crippen LogP contribution in [0.1, 0.15) is 12.0 Å². The first kappa shape index (κ1) is 9.17. The van der Waals surface area contributed by atoms with Gasteiger partial charge in [0, 0.05) is 12.8 Å². The van der Waals surface area contributed by atoms with Gasteiger partial charge >= 0.3 is 0 Å². The second-order valence-corrected chi connectivity index (χ2v) is 2.76. The standard InChI is InChI=1S/C10H12F2/c11-7-6-10(12)8-9-4-2-1-3-5-9/h1-5,10H,6-8H2. The van der Waals surface area contributed by atoms with Crippen LogP contribution in [0.4, 0.5) is 8.78 Å². The minimum Gasteiger partial charge on any atom is -0.251 e. The van der Waals surface area contributed by atoms with Gasteiger partial charge in [0.05, 0.1) is 6.67 Å². The van der Waals surface area contributed by atoms with Crippen LogP contribution in [0, 0.1) is 0 Å². The Hall–Kier alpha value is -0.920. The van der Waals surface area contributed by atoms with E-state index in [9.17, 15) is 8.78 Å². The highest BCUT2D eigenvalue weighted by Crippen LogP contribution is 2.08. The summed E-state index contributed by atoms with van der Waals surface area (Å²) in [4.78, 5) is 0. The van der Waals surface area contributed by atoms with E-state index in [4.69, 9.17) is 0 Å². The third kappa shape index (κ3) is 2.99. The summed E-state index contributed by atoms with van der Waals surface area (Å²) in [6.45, 7) is -0.575. The highest BCUT2D eigenvalue weighted by atomic mass is 19.1. The van der Waals surface area contributed by atoms with Gasteiger partial charge in [0.2, 0.25) is 0 Å². The van der Waals surface area contributed by atoms with Crippen molar-refractivity contribution in [1.82, 2.24) is 0 Å². The molecule has 0 aliphatic carbocycles. The summed E-state index contributed by atoms with van der Waals surface area (Å²) < 4.78 is 24.6. The molecule has 0 N–H and O–H groups in total. The third-order valence-corrected chi connectivity index (χ3v) is 1.72. The van der Waals surface area contributed by atoms with E-state index in [1.54, 1.807) is 0 Å². The van der Waals surface area contributed by atoms with Crippen molar-refractivity contribution in [3.8, 4) is 0 Å². The maximum Gasteiger partial charge on any atom is 0.107 e. The van der Waals surface area contributed by atoms with Gasteiger partial charge < -0.3 is 0 Å². The molecule has 0 fully saturated rings. The Kier molecular flexibility index (Phi) is 3.71. The minimum atomic E-state index is -1.04. The van der Waals surface area contributed by atoms with Crippen molar-refractivity contribution in [3.05, 3.63) is 35.9 Å². The molecule has 0 aliphatic heterocycles. The molecule has 0 bridgehead atoms. The van der Waals surface area contributed by atoms with E-state index in [0.717, 1.165) is 5.56 Å². The lowest BCUT2D eigenvalue weighted by molar-refractivity contribution is 0.282. The molecule has 1 rings (SSSR count). The van der Waals surface area contributed by atoms with Crippen LogP contribution in [0.2, 0.25) is 0 Å². The monoisotopic (exact) mass is 170 g/mol. The van der Waals surface area contributed by atoms with Gasteiger partial charge in [-0.15, -0.1) is 0 Å². The molecular weight excluding hydrogens is 158 g/mol. The molecule has 2 heteroatoms. The molecule has 1 aromatic carbocycles.